The van der Waals surface area contributed by atoms with E-state index in [0.717, 1.165) is 24.9 Å². The summed E-state index contributed by atoms with van der Waals surface area (Å²) >= 11 is 5.98. The number of hydrogen-bond donors (Lipinski definition) is 0. The van der Waals surface area contributed by atoms with Gasteiger partial charge in [0, 0.05) is 24.0 Å². The van der Waals surface area contributed by atoms with Gasteiger partial charge in [-0.1, -0.05) is 29.8 Å². The van der Waals surface area contributed by atoms with Gasteiger partial charge >= 0.3 is 0 Å². The van der Waals surface area contributed by atoms with Crippen LogP contribution in [0.3, 0.4) is 0 Å². The molecule has 0 radical (unpaired) electrons. The van der Waals surface area contributed by atoms with Crippen molar-refractivity contribution in [2.45, 2.75) is 18.8 Å². The summed E-state index contributed by atoms with van der Waals surface area (Å²) in [6.45, 7) is 1.41. The molecule has 0 bridgehead atoms. The number of halogens is 1. The van der Waals surface area contributed by atoms with Gasteiger partial charge in [-0.25, -0.2) is 8.42 Å². The second kappa shape index (κ2) is 6.93. The van der Waals surface area contributed by atoms with Crippen molar-refractivity contribution >= 4 is 27.5 Å². The minimum Gasteiger partial charge on any atom is -0.457 e. The van der Waals surface area contributed by atoms with E-state index in [9.17, 15) is 8.42 Å². The van der Waals surface area contributed by atoms with Crippen LogP contribution in [0.1, 0.15) is 24.3 Å². The summed E-state index contributed by atoms with van der Waals surface area (Å²) in [4.78, 5) is 2.10. The van der Waals surface area contributed by atoms with Gasteiger partial charge in [0.15, 0.2) is 0 Å². The number of ether oxygens (including phenoxy) is 1. The lowest BCUT2D eigenvalue weighted by molar-refractivity contribution is 0.366. The number of sulfonamides is 1. The molecule has 2 aliphatic heterocycles. The predicted octanol–water partition coefficient (Wildman–Crippen LogP) is 4.05. The Morgan fingerprint density at radius 2 is 1.88 bits per heavy atom. The lowest BCUT2D eigenvalue weighted by Gasteiger charge is -2.37. The van der Waals surface area contributed by atoms with E-state index in [1.165, 1.54) is 0 Å². The van der Waals surface area contributed by atoms with E-state index in [4.69, 9.17) is 16.3 Å². The zero-order valence-electron chi connectivity index (χ0n) is 14.1. The zero-order chi connectivity index (χ0) is 18.1. The fraction of sp³-hybridized carbons (Fsp3) is 0.316. The van der Waals surface area contributed by atoms with Crippen molar-refractivity contribution in [3.05, 3.63) is 59.1 Å². The molecule has 136 valence electrons. The normalized spacial score (nSPS) is 21.7. The first-order chi connectivity index (χ1) is 12.5. The van der Waals surface area contributed by atoms with Crippen molar-refractivity contribution in [1.82, 2.24) is 4.90 Å². The molecule has 2 aromatic carbocycles. The van der Waals surface area contributed by atoms with Gasteiger partial charge in [-0.3, -0.25) is 0 Å². The smallest absolute Gasteiger partial charge is 0.256 e. The largest absolute Gasteiger partial charge is 0.457 e. The number of benzene rings is 2. The Morgan fingerprint density at radius 1 is 1.08 bits per heavy atom. The lowest BCUT2D eigenvalue weighted by Crippen LogP contribution is -2.46. The quantitative estimate of drug-likeness (QED) is 0.793. The first-order valence-corrected chi connectivity index (χ1v) is 10.6. The molecule has 4 rings (SSSR count). The molecule has 1 atom stereocenters. The van der Waals surface area contributed by atoms with E-state index < -0.39 is 10.0 Å². The van der Waals surface area contributed by atoms with E-state index in [1.54, 1.807) is 12.1 Å². The van der Waals surface area contributed by atoms with Gasteiger partial charge in [-0.15, -0.1) is 4.40 Å². The third kappa shape index (κ3) is 3.71. The van der Waals surface area contributed by atoms with Crippen LogP contribution in [0.2, 0.25) is 5.02 Å². The number of fused-ring (bicyclic) bond motifs is 1. The van der Waals surface area contributed by atoms with E-state index in [0.29, 0.717) is 28.9 Å². The SMILES string of the molecule is O=S1(=O)CCN2CCC[C@@H](c3ccc(Oc4cccc(Cl)c4)cc3)C2=N1. The Kier molecular flexibility index (Phi) is 4.63. The van der Waals surface area contributed by atoms with Crippen LogP contribution in [-0.4, -0.2) is 38.0 Å². The summed E-state index contributed by atoms with van der Waals surface area (Å²) in [6.07, 6.45) is 1.93. The summed E-state index contributed by atoms with van der Waals surface area (Å²) in [5, 5.41) is 0.623. The number of nitrogens with zero attached hydrogens (tertiary/aromatic N) is 2. The number of hydrogen-bond acceptors (Lipinski definition) is 4. The van der Waals surface area contributed by atoms with Crippen LogP contribution in [0.4, 0.5) is 0 Å². The molecule has 0 aliphatic carbocycles. The fourth-order valence-corrected chi connectivity index (χ4v) is 4.71. The molecule has 0 saturated carbocycles. The molecule has 2 aromatic rings. The highest BCUT2D eigenvalue weighted by Gasteiger charge is 2.33. The highest BCUT2D eigenvalue weighted by Crippen LogP contribution is 2.33. The van der Waals surface area contributed by atoms with Gasteiger partial charge in [-0.05, 0) is 48.7 Å². The second-order valence-electron chi connectivity index (χ2n) is 6.55. The van der Waals surface area contributed by atoms with Gasteiger partial charge in [0.25, 0.3) is 10.0 Å². The fourth-order valence-electron chi connectivity index (χ4n) is 3.46. The Labute approximate surface area is 158 Å². The second-order valence-corrected chi connectivity index (χ2v) is 8.74. The highest BCUT2D eigenvalue weighted by atomic mass is 35.5. The number of amidine groups is 1. The molecule has 0 spiro atoms. The van der Waals surface area contributed by atoms with Crippen molar-refractivity contribution < 1.29 is 13.2 Å². The highest BCUT2D eigenvalue weighted by molar-refractivity contribution is 7.90. The summed E-state index contributed by atoms with van der Waals surface area (Å²) in [5.74, 6) is 2.19. The van der Waals surface area contributed by atoms with Crippen LogP contribution in [0.5, 0.6) is 11.5 Å². The predicted molar refractivity (Wildman–Crippen MR) is 103 cm³/mol. The molecule has 0 N–H and O–H groups in total. The Hall–Kier alpha value is -2.05. The molecule has 2 aliphatic rings. The summed E-state index contributed by atoms with van der Waals surface area (Å²) in [6, 6.07) is 15.0. The van der Waals surface area contributed by atoms with Crippen LogP contribution in [0, 0.1) is 0 Å². The minimum absolute atomic E-state index is 0.0130. The molecule has 0 aromatic heterocycles. The van der Waals surface area contributed by atoms with Crippen molar-refractivity contribution in [1.29, 1.82) is 0 Å². The van der Waals surface area contributed by atoms with Gasteiger partial charge in [-0.2, -0.15) is 0 Å². The van der Waals surface area contributed by atoms with Gasteiger partial charge in [0.1, 0.15) is 17.3 Å². The molecule has 1 saturated heterocycles. The molecule has 0 amide bonds. The van der Waals surface area contributed by atoms with E-state index in [1.807, 2.05) is 36.4 Å². The van der Waals surface area contributed by atoms with Crippen LogP contribution in [0.15, 0.2) is 52.9 Å². The molecule has 26 heavy (non-hydrogen) atoms. The average molecular weight is 391 g/mol. The third-order valence-electron chi connectivity index (χ3n) is 4.72. The van der Waals surface area contributed by atoms with Gasteiger partial charge in [0.05, 0.1) is 5.75 Å². The van der Waals surface area contributed by atoms with E-state index in [-0.39, 0.29) is 11.7 Å². The number of rotatable bonds is 3. The first kappa shape index (κ1) is 17.4. The minimum atomic E-state index is -3.34. The first-order valence-electron chi connectivity index (χ1n) is 8.61. The van der Waals surface area contributed by atoms with E-state index in [2.05, 4.69) is 9.30 Å². The Morgan fingerprint density at radius 3 is 2.65 bits per heavy atom. The molecular formula is C19H19ClN2O3S. The topological polar surface area (TPSA) is 59.0 Å². The Bertz CT molecular complexity index is 942. The average Bonchev–Trinajstić information content (AvgIpc) is 2.61. The maximum absolute atomic E-state index is 11.9. The standard InChI is InChI=1S/C19H19ClN2O3S/c20-15-3-1-4-17(13-15)25-16-8-6-14(7-9-16)18-5-2-10-22-11-12-26(23,24)21-19(18)22/h1,3-4,6-9,13,18H,2,5,10-12H2/t18-/m0/s1. The van der Waals surface area contributed by atoms with Gasteiger partial charge in [0.2, 0.25) is 0 Å². The van der Waals surface area contributed by atoms with Crippen molar-refractivity contribution in [2.24, 2.45) is 4.40 Å². The summed E-state index contributed by atoms with van der Waals surface area (Å²) in [7, 11) is -3.34. The molecule has 7 heteroatoms. The van der Waals surface area contributed by atoms with Crippen LogP contribution in [-0.2, 0) is 10.0 Å². The summed E-state index contributed by atoms with van der Waals surface area (Å²) < 4.78 is 33.7. The van der Waals surface area contributed by atoms with Crippen molar-refractivity contribution in [3.8, 4) is 11.5 Å². The van der Waals surface area contributed by atoms with Crippen molar-refractivity contribution in [2.75, 3.05) is 18.8 Å². The van der Waals surface area contributed by atoms with E-state index >= 15 is 0 Å². The van der Waals surface area contributed by atoms with Crippen LogP contribution >= 0.6 is 11.6 Å². The molecular weight excluding hydrogens is 372 g/mol. The summed E-state index contributed by atoms with van der Waals surface area (Å²) in [5.41, 5.74) is 1.06. The van der Waals surface area contributed by atoms with Gasteiger partial charge < -0.3 is 9.64 Å². The molecule has 1 fully saturated rings. The Balaban J connectivity index is 1.57. The van der Waals surface area contributed by atoms with Crippen molar-refractivity contribution in [3.63, 3.8) is 0 Å². The molecule has 0 unspecified atom stereocenters. The van der Waals surface area contributed by atoms with Crippen LogP contribution < -0.4 is 4.74 Å². The third-order valence-corrected chi connectivity index (χ3v) is 6.12. The maximum Gasteiger partial charge on any atom is 0.256 e. The monoisotopic (exact) mass is 390 g/mol. The number of piperidine rings is 1. The van der Waals surface area contributed by atoms with Crippen LogP contribution in [0.25, 0.3) is 0 Å². The lowest BCUT2D eigenvalue weighted by atomic mass is 9.89. The maximum atomic E-state index is 11.9. The zero-order valence-corrected chi connectivity index (χ0v) is 15.7. The molecule has 5 nitrogen and oxygen atoms in total. The molecule has 2 heterocycles.